The Morgan fingerprint density at radius 3 is 1.83 bits per heavy atom. The maximum Gasteiger partial charge on any atom is 0.448 e. The van der Waals surface area contributed by atoms with Crippen molar-refractivity contribution in [3.63, 3.8) is 0 Å². The van der Waals surface area contributed by atoms with Crippen molar-refractivity contribution >= 4 is 0 Å². The number of rotatable bonds is 6. The summed E-state index contributed by atoms with van der Waals surface area (Å²) in [5.74, 6) is 0.294. The average Bonchev–Trinajstić information content (AvgIpc) is 2.45. The smallest absolute Gasteiger partial charge is 0.448 e. The van der Waals surface area contributed by atoms with Crippen LogP contribution in [0.5, 0.6) is 5.75 Å². The molecule has 1 rings (SSSR count). The number of ether oxygens (including phenoxy) is 2. The van der Waals surface area contributed by atoms with E-state index in [0.717, 1.165) is 35.6 Å². The molecule has 0 N–H and O–H groups in total. The summed E-state index contributed by atoms with van der Waals surface area (Å²) >= 11 is 0. The maximum absolute atomic E-state index is 12.7. The Labute approximate surface area is 136 Å². The van der Waals surface area contributed by atoms with E-state index in [0.29, 0.717) is 0 Å². The average molecular weight is 330 g/mol. The van der Waals surface area contributed by atoms with Gasteiger partial charge in [-0.3, -0.25) is 0 Å². The normalized spacial score (nSPS) is 12.9. The third-order valence-corrected chi connectivity index (χ3v) is 3.68. The van der Waals surface area contributed by atoms with E-state index in [4.69, 9.17) is 4.74 Å². The van der Waals surface area contributed by atoms with E-state index in [1.54, 1.807) is 7.11 Å². The third-order valence-electron chi connectivity index (χ3n) is 3.68. The minimum atomic E-state index is -4.47. The fraction of sp³-hybridized carbons (Fsp3) is 0.556. The Balaban J connectivity index is 3.30. The summed E-state index contributed by atoms with van der Waals surface area (Å²) < 4.78 is 48.2. The van der Waals surface area contributed by atoms with Crippen LogP contribution in [0.4, 0.5) is 13.2 Å². The lowest BCUT2D eigenvalue weighted by atomic mass is 9.90. The van der Waals surface area contributed by atoms with Gasteiger partial charge < -0.3 is 9.47 Å². The van der Waals surface area contributed by atoms with Crippen molar-refractivity contribution in [1.82, 2.24) is 0 Å². The molecule has 0 aromatic heterocycles. The Kier molecular flexibility index (Phi) is 6.54. The van der Waals surface area contributed by atoms with E-state index in [9.17, 15) is 13.2 Å². The molecular weight excluding hydrogens is 305 g/mol. The molecule has 0 fully saturated rings. The minimum Gasteiger partial charge on any atom is -0.496 e. The molecule has 0 unspecified atom stereocenters. The molecule has 0 bridgehead atoms. The van der Waals surface area contributed by atoms with Crippen molar-refractivity contribution in [2.45, 2.75) is 52.1 Å². The van der Waals surface area contributed by atoms with Crippen LogP contribution in [-0.4, -0.2) is 20.4 Å². The van der Waals surface area contributed by atoms with Gasteiger partial charge in [0.05, 0.1) is 14.2 Å². The van der Waals surface area contributed by atoms with E-state index in [1.807, 2.05) is 39.8 Å². The predicted octanol–water partition coefficient (Wildman–Crippen LogP) is 5.58. The van der Waals surface area contributed by atoms with Crippen LogP contribution < -0.4 is 4.74 Å². The Bertz CT molecular complexity index is 529. The molecule has 0 radical (unpaired) electrons. The molecule has 1 aromatic rings. The van der Waals surface area contributed by atoms with Gasteiger partial charge in [0.15, 0.2) is 5.76 Å². The summed E-state index contributed by atoms with van der Waals surface area (Å²) in [7, 11) is 2.66. The second kappa shape index (κ2) is 7.75. The van der Waals surface area contributed by atoms with Crippen LogP contribution in [0.2, 0.25) is 0 Å². The first-order valence-electron chi connectivity index (χ1n) is 7.63. The van der Waals surface area contributed by atoms with Crippen molar-refractivity contribution in [1.29, 1.82) is 0 Å². The molecule has 0 saturated carbocycles. The van der Waals surface area contributed by atoms with E-state index < -0.39 is 11.9 Å². The van der Waals surface area contributed by atoms with Gasteiger partial charge >= 0.3 is 6.18 Å². The number of hydrogen-bond donors (Lipinski definition) is 0. The van der Waals surface area contributed by atoms with E-state index in [2.05, 4.69) is 4.74 Å². The molecule has 0 heterocycles. The number of halogens is 3. The summed E-state index contributed by atoms with van der Waals surface area (Å²) in [5, 5.41) is 0. The molecule has 0 spiro atoms. The van der Waals surface area contributed by atoms with Crippen molar-refractivity contribution in [3.05, 3.63) is 40.7 Å². The second-order valence-corrected chi connectivity index (χ2v) is 6.09. The zero-order chi connectivity index (χ0) is 17.8. The molecule has 23 heavy (non-hydrogen) atoms. The Morgan fingerprint density at radius 2 is 1.52 bits per heavy atom. The first-order valence-corrected chi connectivity index (χ1v) is 7.63. The lowest BCUT2D eigenvalue weighted by Gasteiger charge is -2.20. The maximum atomic E-state index is 12.7. The molecule has 0 aliphatic carbocycles. The van der Waals surface area contributed by atoms with Gasteiger partial charge in [-0.2, -0.15) is 13.2 Å². The molecule has 0 amide bonds. The predicted molar refractivity (Wildman–Crippen MR) is 86.0 cm³/mol. The zero-order valence-electron chi connectivity index (χ0n) is 14.5. The summed E-state index contributed by atoms with van der Waals surface area (Å²) in [5.41, 5.74) is 2.83. The number of allylic oxidation sites excluding steroid dienone is 2. The van der Waals surface area contributed by atoms with Crippen molar-refractivity contribution in [3.8, 4) is 5.75 Å². The van der Waals surface area contributed by atoms with Crippen LogP contribution in [0.1, 0.15) is 56.2 Å². The first-order chi connectivity index (χ1) is 10.6. The highest BCUT2D eigenvalue weighted by atomic mass is 19.4. The lowest BCUT2D eigenvalue weighted by Crippen LogP contribution is -2.13. The van der Waals surface area contributed by atoms with Gasteiger partial charge in [-0.15, -0.1) is 0 Å². The van der Waals surface area contributed by atoms with Crippen LogP contribution in [0, 0.1) is 0 Å². The number of alkyl halides is 3. The number of methoxy groups -OCH3 is 2. The highest BCUT2D eigenvalue weighted by molar-refractivity contribution is 5.48. The topological polar surface area (TPSA) is 18.5 Å². The highest BCUT2D eigenvalue weighted by Crippen LogP contribution is 2.36. The van der Waals surface area contributed by atoms with Gasteiger partial charge in [0.2, 0.25) is 0 Å². The molecule has 0 saturated heterocycles. The molecule has 5 heteroatoms. The molecule has 0 atom stereocenters. The SMILES string of the molecule is CO/C(=C/Cc1cc(C(C)C)c(OC)c(C(C)C)c1)C(F)(F)F. The molecule has 1 aromatic carbocycles. The van der Waals surface area contributed by atoms with Crippen LogP contribution in [0.15, 0.2) is 24.0 Å². The molecule has 130 valence electrons. The monoisotopic (exact) mass is 330 g/mol. The highest BCUT2D eigenvalue weighted by Gasteiger charge is 2.34. The van der Waals surface area contributed by atoms with Crippen LogP contribution in [-0.2, 0) is 11.2 Å². The fourth-order valence-corrected chi connectivity index (χ4v) is 2.48. The molecule has 0 aliphatic heterocycles. The molecule has 2 nitrogen and oxygen atoms in total. The van der Waals surface area contributed by atoms with Crippen LogP contribution >= 0.6 is 0 Å². The number of benzene rings is 1. The summed E-state index contributed by atoms with van der Waals surface area (Å²) in [6.45, 7) is 8.16. The first kappa shape index (κ1) is 19.4. The second-order valence-electron chi connectivity index (χ2n) is 6.09. The standard InChI is InChI=1S/C18H25F3O2/c1-11(2)14-9-13(7-8-16(22-5)18(19,20)21)10-15(12(3)4)17(14)23-6/h8-12H,7H2,1-6H3/b16-8+. The summed E-state index contributed by atoms with van der Waals surface area (Å²) in [4.78, 5) is 0. The largest absolute Gasteiger partial charge is 0.496 e. The summed E-state index contributed by atoms with van der Waals surface area (Å²) in [6.07, 6.45) is -3.23. The van der Waals surface area contributed by atoms with Crippen LogP contribution in [0.25, 0.3) is 0 Å². The quantitative estimate of drug-likeness (QED) is 0.634. The van der Waals surface area contributed by atoms with Gasteiger partial charge in [0, 0.05) is 0 Å². The summed E-state index contributed by atoms with van der Waals surface area (Å²) in [6, 6.07) is 3.82. The molecule has 0 aliphatic rings. The van der Waals surface area contributed by atoms with Gasteiger partial charge in [-0.25, -0.2) is 0 Å². The van der Waals surface area contributed by atoms with Gasteiger partial charge in [-0.05, 0) is 41.0 Å². The Morgan fingerprint density at radius 1 is 1.04 bits per heavy atom. The Hall–Kier alpha value is -1.65. The number of hydrogen-bond acceptors (Lipinski definition) is 2. The van der Waals surface area contributed by atoms with E-state index in [1.165, 1.54) is 0 Å². The van der Waals surface area contributed by atoms with Crippen molar-refractivity contribution < 1.29 is 22.6 Å². The van der Waals surface area contributed by atoms with Crippen LogP contribution in [0.3, 0.4) is 0 Å². The minimum absolute atomic E-state index is 0.159. The van der Waals surface area contributed by atoms with Crippen molar-refractivity contribution in [2.75, 3.05) is 14.2 Å². The zero-order valence-corrected chi connectivity index (χ0v) is 14.5. The lowest BCUT2D eigenvalue weighted by molar-refractivity contribution is -0.126. The van der Waals surface area contributed by atoms with Gasteiger partial charge in [-0.1, -0.05) is 39.8 Å². The van der Waals surface area contributed by atoms with Crippen molar-refractivity contribution in [2.24, 2.45) is 0 Å². The van der Waals surface area contributed by atoms with Gasteiger partial charge in [0.25, 0.3) is 0 Å². The molecular formula is C18H25F3O2. The van der Waals surface area contributed by atoms with E-state index >= 15 is 0 Å². The van der Waals surface area contributed by atoms with Gasteiger partial charge in [0.1, 0.15) is 5.75 Å². The fourth-order valence-electron chi connectivity index (χ4n) is 2.48. The third kappa shape index (κ3) is 4.91. The van der Waals surface area contributed by atoms with E-state index in [-0.39, 0.29) is 18.3 Å².